The van der Waals surface area contributed by atoms with Gasteiger partial charge in [0.25, 0.3) is 0 Å². The maximum absolute atomic E-state index is 12.3. The van der Waals surface area contributed by atoms with Crippen LogP contribution in [-0.4, -0.2) is 65.0 Å². The minimum absolute atomic E-state index is 0.0676. The maximum Gasteiger partial charge on any atom is 0.410 e. The lowest BCUT2D eigenvalue weighted by atomic mass is 9.76. The average molecular weight is 393 g/mol. The third-order valence-electron chi connectivity index (χ3n) is 4.10. The summed E-state index contributed by atoms with van der Waals surface area (Å²) in [5.74, 6) is 0. The van der Waals surface area contributed by atoms with Gasteiger partial charge in [0.2, 0.25) is 5.28 Å². The Morgan fingerprint density at radius 1 is 1.44 bits per heavy atom. The van der Waals surface area contributed by atoms with E-state index < -0.39 is 11.0 Å². The number of amides is 1. The lowest BCUT2D eigenvalue weighted by molar-refractivity contribution is 0.0184. The van der Waals surface area contributed by atoms with Crippen molar-refractivity contribution in [2.45, 2.75) is 44.6 Å². The summed E-state index contributed by atoms with van der Waals surface area (Å²) in [4.78, 5) is 28.4. The van der Waals surface area contributed by atoms with Crippen LogP contribution in [0, 0.1) is 11.3 Å². The lowest BCUT2D eigenvalue weighted by Crippen LogP contribution is -2.46. The predicted octanol–water partition coefficient (Wildman–Crippen LogP) is 3.14. The minimum Gasteiger partial charge on any atom is -0.444 e. The van der Waals surface area contributed by atoms with Gasteiger partial charge in [-0.05, 0) is 45.2 Å². The Kier molecular flexibility index (Phi) is 6.26. The van der Waals surface area contributed by atoms with Crippen molar-refractivity contribution in [1.82, 2.24) is 19.8 Å². The van der Waals surface area contributed by atoms with E-state index in [0.717, 1.165) is 0 Å². The molecule has 1 aliphatic rings. The number of nitrogens with zero attached hydrogens (tertiary/aromatic N) is 6. The highest BCUT2D eigenvalue weighted by atomic mass is 35.5. The predicted molar refractivity (Wildman–Crippen MR) is 103 cm³/mol. The minimum atomic E-state index is -0.885. The van der Waals surface area contributed by atoms with Gasteiger partial charge >= 0.3 is 6.09 Å². The van der Waals surface area contributed by atoms with Gasteiger partial charge in [-0.25, -0.2) is 19.8 Å². The Bertz CT molecular complexity index is 758. The number of aromatic nitrogens is 2. The van der Waals surface area contributed by atoms with Crippen molar-refractivity contribution in [2.24, 2.45) is 4.99 Å². The van der Waals surface area contributed by atoms with Gasteiger partial charge in [-0.2, -0.15) is 5.26 Å². The number of halogens is 1. The van der Waals surface area contributed by atoms with Crippen molar-refractivity contribution >= 4 is 29.7 Å². The molecule has 0 aromatic carbocycles. The number of carbonyl (C=O) groups is 1. The number of piperidine rings is 1. The summed E-state index contributed by atoms with van der Waals surface area (Å²) in [6, 6.07) is 2.38. The second-order valence-electron chi connectivity index (χ2n) is 7.74. The summed E-state index contributed by atoms with van der Waals surface area (Å²) in [5.41, 5.74) is -0.452. The second kappa shape index (κ2) is 8.09. The van der Waals surface area contributed by atoms with Crippen LogP contribution in [-0.2, 0) is 10.2 Å². The number of carbonyl (C=O) groups excluding carboxylic acids is 1. The average Bonchev–Trinajstić information content (AvgIpc) is 2.59. The third-order valence-corrected chi connectivity index (χ3v) is 4.29. The van der Waals surface area contributed by atoms with E-state index >= 15 is 0 Å². The fraction of sp³-hybridized carbons (Fsp3) is 0.611. The van der Waals surface area contributed by atoms with Gasteiger partial charge in [0.1, 0.15) is 16.7 Å². The highest BCUT2D eigenvalue weighted by Gasteiger charge is 2.41. The van der Waals surface area contributed by atoms with Crippen molar-refractivity contribution < 1.29 is 9.53 Å². The first-order valence-electron chi connectivity index (χ1n) is 8.69. The van der Waals surface area contributed by atoms with E-state index in [1.807, 2.05) is 34.9 Å². The van der Waals surface area contributed by atoms with E-state index in [1.54, 1.807) is 16.1 Å². The number of likely N-dealkylation sites (tertiary alicyclic amines) is 1. The molecule has 1 aromatic rings. The zero-order valence-corrected chi connectivity index (χ0v) is 17.1. The summed E-state index contributed by atoms with van der Waals surface area (Å²) in [7, 11) is 3.69. The molecule has 1 fully saturated rings. The fourth-order valence-electron chi connectivity index (χ4n) is 2.78. The van der Waals surface area contributed by atoms with Crippen LogP contribution in [0.2, 0.25) is 5.28 Å². The van der Waals surface area contributed by atoms with E-state index in [1.165, 1.54) is 6.20 Å². The molecule has 2 heterocycles. The van der Waals surface area contributed by atoms with Gasteiger partial charge in [-0.1, -0.05) is 0 Å². The first kappa shape index (κ1) is 20.9. The standard InChI is InChI=1S/C18H25ClN6O2/c1-17(2,3)27-16(26)25-8-6-18(11-20,7-9-25)14-13(22-12-24(4)5)10-21-15(19)23-14/h10,12H,6-9H2,1-5H3/b22-12+. The first-order valence-corrected chi connectivity index (χ1v) is 9.07. The molecule has 0 bridgehead atoms. The van der Waals surface area contributed by atoms with Crippen LogP contribution in [0.5, 0.6) is 0 Å². The molecule has 0 saturated carbocycles. The van der Waals surface area contributed by atoms with Gasteiger partial charge in [0, 0.05) is 27.2 Å². The van der Waals surface area contributed by atoms with E-state index in [2.05, 4.69) is 21.0 Å². The molecule has 9 heteroatoms. The zero-order chi connectivity index (χ0) is 20.2. The van der Waals surface area contributed by atoms with E-state index in [9.17, 15) is 10.1 Å². The van der Waals surface area contributed by atoms with Gasteiger partial charge in [-0.15, -0.1) is 0 Å². The molecule has 1 aliphatic heterocycles. The highest BCUT2D eigenvalue weighted by molar-refractivity contribution is 6.28. The van der Waals surface area contributed by atoms with E-state index in [-0.39, 0.29) is 11.4 Å². The molecule has 0 spiro atoms. The lowest BCUT2D eigenvalue weighted by Gasteiger charge is -2.37. The smallest absolute Gasteiger partial charge is 0.410 e. The fourth-order valence-corrected chi connectivity index (χ4v) is 2.91. The maximum atomic E-state index is 12.3. The summed E-state index contributed by atoms with van der Waals surface area (Å²) >= 11 is 5.99. The van der Waals surface area contributed by atoms with Crippen molar-refractivity contribution in [3.8, 4) is 6.07 Å². The molecule has 1 aromatic heterocycles. The van der Waals surface area contributed by atoms with Crippen LogP contribution in [0.4, 0.5) is 10.5 Å². The zero-order valence-electron chi connectivity index (χ0n) is 16.4. The number of nitriles is 1. The third kappa shape index (κ3) is 5.30. The van der Waals surface area contributed by atoms with Crippen LogP contribution in [0.25, 0.3) is 0 Å². The molecule has 8 nitrogen and oxygen atoms in total. The molecular weight excluding hydrogens is 368 g/mol. The molecule has 1 saturated heterocycles. The molecule has 0 unspecified atom stereocenters. The van der Waals surface area contributed by atoms with Crippen LogP contribution in [0.3, 0.4) is 0 Å². The van der Waals surface area contributed by atoms with Gasteiger partial charge < -0.3 is 14.5 Å². The highest BCUT2D eigenvalue weighted by Crippen LogP contribution is 2.39. The van der Waals surface area contributed by atoms with Crippen molar-refractivity contribution in [1.29, 1.82) is 5.26 Å². The van der Waals surface area contributed by atoms with E-state index in [4.69, 9.17) is 16.3 Å². The van der Waals surface area contributed by atoms with Gasteiger partial charge in [0.15, 0.2) is 0 Å². The molecular formula is C18H25ClN6O2. The molecule has 2 rings (SSSR count). The topological polar surface area (TPSA) is 94.7 Å². The summed E-state index contributed by atoms with van der Waals surface area (Å²) < 4.78 is 5.42. The number of aliphatic imine (C=N–C) groups is 1. The Morgan fingerprint density at radius 2 is 2.07 bits per heavy atom. The number of hydrogen-bond acceptors (Lipinski definition) is 6. The number of hydrogen-bond donors (Lipinski definition) is 0. The van der Waals surface area contributed by atoms with E-state index in [0.29, 0.717) is 37.3 Å². The van der Waals surface area contributed by atoms with Crippen LogP contribution in [0.1, 0.15) is 39.3 Å². The van der Waals surface area contributed by atoms with Crippen LogP contribution >= 0.6 is 11.6 Å². The first-order chi connectivity index (χ1) is 12.6. The normalized spacial score (nSPS) is 16.9. The van der Waals surface area contributed by atoms with Crippen LogP contribution in [0.15, 0.2) is 11.2 Å². The summed E-state index contributed by atoms with van der Waals surface area (Å²) in [6.07, 6.45) is 3.60. The van der Waals surface area contributed by atoms with Crippen molar-refractivity contribution in [3.63, 3.8) is 0 Å². The largest absolute Gasteiger partial charge is 0.444 e. The van der Waals surface area contributed by atoms with Crippen molar-refractivity contribution in [3.05, 3.63) is 17.2 Å². The Morgan fingerprint density at radius 3 is 2.59 bits per heavy atom. The Balaban J connectivity index is 2.27. The van der Waals surface area contributed by atoms with Gasteiger partial charge in [0.05, 0.1) is 24.3 Å². The second-order valence-corrected chi connectivity index (χ2v) is 8.08. The Hall–Kier alpha value is -2.40. The quantitative estimate of drug-likeness (QED) is 0.445. The molecule has 0 N–H and O–H groups in total. The molecule has 146 valence electrons. The Labute approximate surface area is 164 Å². The number of ether oxygens (including phenoxy) is 1. The monoisotopic (exact) mass is 392 g/mol. The molecule has 0 atom stereocenters. The number of rotatable bonds is 3. The molecule has 0 aliphatic carbocycles. The summed E-state index contributed by atoms with van der Waals surface area (Å²) in [5, 5.41) is 10.0. The van der Waals surface area contributed by atoms with Crippen LogP contribution < -0.4 is 0 Å². The van der Waals surface area contributed by atoms with Gasteiger partial charge in [-0.3, -0.25) is 0 Å². The molecule has 27 heavy (non-hydrogen) atoms. The SMILES string of the molecule is CN(C)/C=N/c1cnc(Cl)nc1C1(C#N)CCN(C(=O)OC(C)(C)C)CC1. The molecule has 0 radical (unpaired) electrons. The molecule has 1 amide bonds. The summed E-state index contributed by atoms with van der Waals surface area (Å²) in [6.45, 7) is 6.26. The van der Waals surface area contributed by atoms with Crippen molar-refractivity contribution in [2.75, 3.05) is 27.2 Å².